The van der Waals surface area contributed by atoms with Crippen molar-refractivity contribution >= 4 is 38.7 Å². The highest BCUT2D eigenvalue weighted by Gasteiger charge is 2.13. The maximum Gasteiger partial charge on any atom is 0.142 e. The average molecular weight is 417 g/mol. The molecular weight excluding hydrogens is 388 g/mol. The molecule has 4 nitrogen and oxygen atoms in total. The molecule has 2 heterocycles. The minimum atomic E-state index is 0.728. The van der Waals surface area contributed by atoms with Gasteiger partial charge in [-0.05, 0) is 56.2 Å². The molecule has 0 unspecified atom stereocenters. The van der Waals surface area contributed by atoms with Gasteiger partial charge in [0, 0.05) is 35.8 Å². The van der Waals surface area contributed by atoms with E-state index < -0.39 is 0 Å². The highest BCUT2D eigenvalue weighted by atomic mass is 32.1. The largest absolute Gasteiger partial charge is 0.372 e. The Morgan fingerprint density at radius 3 is 2.30 bits per heavy atom. The Bertz CT molecular complexity index is 1100. The van der Waals surface area contributed by atoms with Crippen LogP contribution in [-0.4, -0.2) is 23.1 Å². The van der Waals surface area contributed by atoms with Gasteiger partial charge in [-0.15, -0.1) is 11.3 Å². The van der Waals surface area contributed by atoms with Crippen LogP contribution in [0.2, 0.25) is 0 Å². The summed E-state index contributed by atoms with van der Waals surface area (Å²) in [4.78, 5) is 14.5. The quantitative estimate of drug-likeness (QED) is 0.359. The summed E-state index contributed by atoms with van der Waals surface area (Å²) >= 11 is 1.76. The number of benzene rings is 2. The van der Waals surface area contributed by atoms with Crippen molar-refractivity contribution in [3.05, 3.63) is 76.9 Å². The van der Waals surface area contributed by atoms with Crippen molar-refractivity contribution < 1.29 is 0 Å². The van der Waals surface area contributed by atoms with Gasteiger partial charge in [0.05, 0.1) is 5.39 Å². The molecule has 2 aromatic heterocycles. The lowest BCUT2D eigenvalue weighted by Crippen LogP contribution is -2.21. The number of aryl methyl sites for hydroxylation is 1. The SMILES string of the molecule is CCc1cc2c(Nc3ccc(N(CC)CC)cc3)nc(Cc3ccccc3)nc2s1. The number of thiophene rings is 1. The lowest BCUT2D eigenvalue weighted by molar-refractivity contribution is 0.866. The van der Waals surface area contributed by atoms with Gasteiger partial charge in [-0.1, -0.05) is 37.3 Å². The maximum absolute atomic E-state index is 4.90. The second kappa shape index (κ2) is 9.26. The van der Waals surface area contributed by atoms with E-state index in [1.165, 1.54) is 16.1 Å². The van der Waals surface area contributed by atoms with E-state index in [0.717, 1.165) is 53.5 Å². The van der Waals surface area contributed by atoms with Crippen LogP contribution in [0.15, 0.2) is 60.7 Å². The summed E-state index contributed by atoms with van der Waals surface area (Å²) in [5.74, 6) is 1.73. The number of hydrogen-bond acceptors (Lipinski definition) is 5. The molecule has 0 fully saturated rings. The van der Waals surface area contributed by atoms with E-state index in [-0.39, 0.29) is 0 Å². The van der Waals surface area contributed by atoms with E-state index >= 15 is 0 Å². The lowest BCUT2D eigenvalue weighted by Gasteiger charge is -2.21. The highest BCUT2D eigenvalue weighted by molar-refractivity contribution is 7.18. The van der Waals surface area contributed by atoms with Crippen molar-refractivity contribution in [1.29, 1.82) is 0 Å². The summed E-state index contributed by atoms with van der Waals surface area (Å²) in [6, 6.07) is 21.2. The van der Waals surface area contributed by atoms with E-state index in [1.54, 1.807) is 11.3 Å². The van der Waals surface area contributed by atoms with Gasteiger partial charge in [-0.3, -0.25) is 0 Å². The van der Waals surface area contributed by atoms with E-state index in [4.69, 9.17) is 9.97 Å². The van der Waals surface area contributed by atoms with Crippen LogP contribution in [0.5, 0.6) is 0 Å². The van der Waals surface area contributed by atoms with Crippen molar-refractivity contribution in [2.75, 3.05) is 23.3 Å². The van der Waals surface area contributed by atoms with Crippen molar-refractivity contribution in [1.82, 2.24) is 9.97 Å². The Hall–Kier alpha value is -2.92. The topological polar surface area (TPSA) is 41.0 Å². The molecule has 1 N–H and O–H groups in total. The van der Waals surface area contributed by atoms with Crippen molar-refractivity contribution in [3.8, 4) is 0 Å². The molecule has 0 spiro atoms. The summed E-state index contributed by atoms with van der Waals surface area (Å²) < 4.78 is 0. The Morgan fingerprint density at radius 1 is 0.900 bits per heavy atom. The summed E-state index contributed by atoms with van der Waals surface area (Å²) in [5.41, 5.74) is 3.51. The molecule has 154 valence electrons. The van der Waals surface area contributed by atoms with Crippen LogP contribution in [0.4, 0.5) is 17.2 Å². The normalized spacial score (nSPS) is 11.0. The van der Waals surface area contributed by atoms with E-state index in [0.29, 0.717) is 0 Å². The van der Waals surface area contributed by atoms with Gasteiger partial charge in [-0.25, -0.2) is 9.97 Å². The highest BCUT2D eigenvalue weighted by Crippen LogP contribution is 2.32. The lowest BCUT2D eigenvalue weighted by atomic mass is 10.1. The Balaban J connectivity index is 1.67. The standard InChI is InChI=1S/C25H28N4S/c1-4-21-17-22-24(26-19-12-14-20(15-13-19)29(5-2)6-3)27-23(28-25(22)30-21)16-18-10-8-7-9-11-18/h7-15,17H,4-6,16H2,1-3H3,(H,26,27,28). The van der Waals surface area contributed by atoms with Gasteiger partial charge in [0.2, 0.25) is 0 Å². The zero-order valence-corrected chi connectivity index (χ0v) is 18.7. The third kappa shape index (κ3) is 4.46. The van der Waals surface area contributed by atoms with Crippen molar-refractivity contribution in [2.24, 2.45) is 0 Å². The van der Waals surface area contributed by atoms with Gasteiger partial charge >= 0.3 is 0 Å². The number of nitrogens with zero attached hydrogens (tertiary/aromatic N) is 3. The molecule has 4 aromatic rings. The predicted octanol–water partition coefficient (Wildman–Crippen LogP) is 6.43. The Morgan fingerprint density at radius 2 is 1.63 bits per heavy atom. The molecule has 0 saturated heterocycles. The monoisotopic (exact) mass is 416 g/mol. The number of nitrogens with one attached hydrogen (secondary N) is 1. The number of fused-ring (bicyclic) bond motifs is 1. The number of hydrogen-bond donors (Lipinski definition) is 1. The summed E-state index contributed by atoms with van der Waals surface area (Å²) in [6.45, 7) is 8.57. The Kier molecular flexibility index (Phi) is 6.29. The molecule has 0 atom stereocenters. The van der Waals surface area contributed by atoms with Crippen LogP contribution >= 0.6 is 11.3 Å². The molecule has 4 rings (SSSR count). The fraction of sp³-hybridized carbons (Fsp3) is 0.280. The van der Waals surface area contributed by atoms with Gasteiger partial charge in [-0.2, -0.15) is 0 Å². The average Bonchev–Trinajstić information content (AvgIpc) is 3.20. The predicted molar refractivity (Wildman–Crippen MR) is 129 cm³/mol. The van der Waals surface area contributed by atoms with Crippen LogP contribution in [-0.2, 0) is 12.8 Å². The summed E-state index contributed by atoms with van der Waals surface area (Å²) in [5, 5.41) is 4.65. The fourth-order valence-corrected chi connectivity index (χ4v) is 4.61. The van der Waals surface area contributed by atoms with Gasteiger partial charge in [0.15, 0.2) is 0 Å². The molecule has 0 bridgehead atoms. The first kappa shape index (κ1) is 20.4. The first-order valence-electron chi connectivity index (χ1n) is 10.7. The molecule has 30 heavy (non-hydrogen) atoms. The van der Waals surface area contributed by atoms with E-state index in [1.807, 2.05) is 6.07 Å². The molecule has 0 aliphatic carbocycles. The van der Waals surface area contributed by atoms with Crippen LogP contribution in [0.25, 0.3) is 10.2 Å². The summed E-state index contributed by atoms with van der Waals surface area (Å²) in [6.07, 6.45) is 1.73. The minimum Gasteiger partial charge on any atom is -0.372 e. The molecule has 0 aliphatic rings. The third-order valence-electron chi connectivity index (χ3n) is 5.30. The molecular formula is C25H28N4S. The van der Waals surface area contributed by atoms with Gasteiger partial charge in [0.25, 0.3) is 0 Å². The zero-order chi connectivity index (χ0) is 20.9. The van der Waals surface area contributed by atoms with E-state index in [9.17, 15) is 0 Å². The van der Waals surface area contributed by atoms with Crippen LogP contribution < -0.4 is 10.2 Å². The second-order valence-corrected chi connectivity index (χ2v) is 8.40. The molecule has 0 amide bonds. The van der Waals surface area contributed by atoms with Crippen LogP contribution in [0.1, 0.15) is 37.0 Å². The van der Waals surface area contributed by atoms with Gasteiger partial charge in [0.1, 0.15) is 16.5 Å². The molecule has 5 heteroatoms. The first-order chi connectivity index (χ1) is 14.7. The number of anilines is 3. The third-order valence-corrected chi connectivity index (χ3v) is 6.48. The molecule has 0 radical (unpaired) electrons. The van der Waals surface area contributed by atoms with Crippen LogP contribution in [0.3, 0.4) is 0 Å². The smallest absolute Gasteiger partial charge is 0.142 e. The molecule has 2 aromatic carbocycles. The summed E-state index contributed by atoms with van der Waals surface area (Å²) in [7, 11) is 0. The van der Waals surface area contributed by atoms with Crippen molar-refractivity contribution in [3.63, 3.8) is 0 Å². The van der Waals surface area contributed by atoms with Crippen LogP contribution in [0, 0.1) is 0 Å². The number of aromatic nitrogens is 2. The number of rotatable bonds is 8. The minimum absolute atomic E-state index is 0.728. The Labute approximate surface area is 182 Å². The van der Waals surface area contributed by atoms with Gasteiger partial charge < -0.3 is 10.2 Å². The zero-order valence-electron chi connectivity index (χ0n) is 17.9. The fourth-order valence-electron chi connectivity index (χ4n) is 3.62. The molecule has 0 saturated carbocycles. The second-order valence-electron chi connectivity index (χ2n) is 7.28. The van der Waals surface area contributed by atoms with Crippen molar-refractivity contribution in [2.45, 2.75) is 33.6 Å². The maximum atomic E-state index is 4.90. The molecule has 0 aliphatic heterocycles. The first-order valence-corrected chi connectivity index (χ1v) is 11.5. The van der Waals surface area contributed by atoms with E-state index in [2.05, 4.69) is 85.6 Å².